The minimum atomic E-state index is -0.134. The molecule has 0 rings (SSSR count). The molecular formula is C7H11NO2. The summed E-state index contributed by atoms with van der Waals surface area (Å²) >= 11 is 0. The molecule has 0 atom stereocenters. The van der Waals surface area contributed by atoms with E-state index in [1.165, 1.54) is 7.11 Å². The summed E-state index contributed by atoms with van der Waals surface area (Å²) in [6.45, 7) is 2.23. The van der Waals surface area contributed by atoms with E-state index in [4.69, 9.17) is 0 Å². The largest absolute Gasteiger partial charge is 0.375 e. The van der Waals surface area contributed by atoms with Crippen LogP contribution in [0, 0.1) is 11.8 Å². The van der Waals surface area contributed by atoms with Crippen molar-refractivity contribution in [1.82, 2.24) is 5.32 Å². The molecule has 0 saturated carbocycles. The van der Waals surface area contributed by atoms with E-state index in [1.807, 2.05) is 0 Å². The van der Waals surface area contributed by atoms with E-state index in [0.717, 1.165) is 0 Å². The van der Waals surface area contributed by atoms with Crippen LogP contribution >= 0.6 is 0 Å². The molecule has 0 aliphatic rings. The first-order chi connectivity index (χ1) is 4.81. The van der Waals surface area contributed by atoms with Gasteiger partial charge >= 0.3 is 0 Å². The topological polar surface area (TPSA) is 38.3 Å². The first kappa shape index (κ1) is 8.99. The van der Waals surface area contributed by atoms with Crippen LogP contribution in [0.5, 0.6) is 0 Å². The summed E-state index contributed by atoms with van der Waals surface area (Å²) in [5.74, 6) is 5.23. The second kappa shape index (κ2) is 6.12. The maximum absolute atomic E-state index is 10.6. The number of methoxy groups -OCH3 is 1. The third-order valence-electron chi connectivity index (χ3n) is 0.826. The van der Waals surface area contributed by atoms with Crippen molar-refractivity contribution in [2.24, 2.45) is 0 Å². The molecule has 0 unspecified atom stereocenters. The van der Waals surface area contributed by atoms with Crippen LogP contribution < -0.4 is 5.32 Å². The zero-order valence-corrected chi connectivity index (χ0v) is 6.23. The van der Waals surface area contributed by atoms with Gasteiger partial charge in [-0.05, 0) is 6.92 Å². The van der Waals surface area contributed by atoms with Crippen molar-refractivity contribution in [3.63, 3.8) is 0 Å². The van der Waals surface area contributed by atoms with E-state index >= 15 is 0 Å². The number of hydrogen-bond donors (Lipinski definition) is 1. The highest BCUT2D eigenvalue weighted by Gasteiger charge is 1.94. The number of hydrogen-bond acceptors (Lipinski definition) is 2. The van der Waals surface area contributed by atoms with Crippen molar-refractivity contribution in [1.29, 1.82) is 0 Å². The molecule has 0 aromatic rings. The van der Waals surface area contributed by atoms with Crippen LogP contribution in [0.2, 0.25) is 0 Å². The van der Waals surface area contributed by atoms with Crippen molar-refractivity contribution in [3.8, 4) is 11.8 Å². The smallest absolute Gasteiger partial charge is 0.246 e. The van der Waals surface area contributed by atoms with Gasteiger partial charge < -0.3 is 10.1 Å². The average Bonchev–Trinajstić information content (AvgIpc) is 1.89. The molecule has 0 spiro atoms. The van der Waals surface area contributed by atoms with Gasteiger partial charge in [0.1, 0.15) is 6.61 Å². The maximum Gasteiger partial charge on any atom is 0.246 e. The van der Waals surface area contributed by atoms with Crippen LogP contribution in [-0.2, 0) is 9.53 Å². The van der Waals surface area contributed by atoms with E-state index in [-0.39, 0.29) is 12.5 Å². The van der Waals surface area contributed by atoms with Crippen LogP contribution in [0.25, 0.3) is 0 Å². The summed E-state index contributed by atoms with van der Waals surface area (Å²) in [6, 6.07) is 0. The molecule has 0 aliphatic carbocycles. The summed E-state index contributed by atoms with van der Waals surface area (Å²) in [6.07, 6.45) is 0. The molecule has 3 heteroatoms. The van der Waals surface area contributed by atoms with E-state index in [0.29, 0.717) is 6.54 Å². The predicted molar refractivity (Wildman–Crippen MR) is 38.3 cm³/mol. The van der Waals surface area contributed by atoms with Crippen LogP contribution in [0.3, 0.4) is 0 Å². The summed E-state index contributed by atoms with van der Waals surface area (Å²) in [4.78, 5) is 10.6. The Balaban J connectivity index is 3.27. The highest BCUT2D eigenvalue weighted by atomic mass is 16.5. The molecule has 10 heavy (non-hydrogen) atoms. The standard InChI is InChI=1S/C7H11NO2/c1-3-4-5-8-7(9)6-10-2/h5-6H2,1-2H3,(H,8,9). The van der Waals surface area contributed by atoms with Gasteiger partial charge in [-0.25, -0.2) is 0 Å². The van der Waals surface area contributed by atoms with Gasteiger partial charge in [-0.2, -0.15) is 0 Å². The number of rotatable bonds is 3. The molecule has 1 N–H and O–H groups in total. The lowest BCUT2D eigenvalue weighted by Gasteiger charge is -1.97. The van der Waals surface area contributed by atoms with E-state index in [1.54, 1.807) is 6.92 Å². The van der Waals surface area contributed by atoms with Gasteiger partial charge in [0.05, 0.1) is 6.54 Å². The Kier molecular flexibility index (Phi) is 5.50. The molecule has 0 radical (unpaired) electrons. The van der Waals surface area contributed by atoms with Gasteiger partial charge in [-0.15, -0.1) is 5.92 Å². The Morgan fingerprint density at radius 2 is 2.40 bits per heavy atom. The van der Waals surface area contributed by atoms with Crippen LogP contribution in [0.4, 0.5) is 0 Å². The summed E-state index contributed by atoms with van der Waals surface area (Å²) in [5, 5.41) is 2.55. The normalized spacial score (nSPS) is 7.80. The van der Waals surface area contributed by atoms with E-state index in [9.17, 15) is 4.79 Å². The maximum atomic E-state index is 10.6. The quantitative estimate of drug-likeness (QED) is 0.551. The molecule has 3 nitrogen and oxygen atoms in total. The lowest BCUT2D eigenvalue weighted by molar-refractivity contribution is -0.124. The van der Waals surface area contributed by atoms with E-state index < -0.39 is 0 Å². The average molecular weight is 141 g/mol. The number of nitrogens with one attached hydrogen (secondary N) is 1. The molecule has 0 aromatic heterocycles. The summed E-state index contributed by atoms with van der Waals surface area (Å²) < 4.78 is 4.57. The van der Waals surface area contributed by atoms with Gasteiger partial charge in [0.15, 0.2) is 0 Å². The van der Waals surface area contributed by atoms with Crippen molar-refractivity contribution in [2.75, 3.05) is 20.3 Å². The van der Waals surface area contributed by atoms with Crippen molar-refractivity contribution >= 4 is 5.91 Å². The zero-order chi connectivity index (χ0) is 7.82. The Morgan fingerprint density at radius 3 is 2.90 bits per heavy atom. The minimum absolute atomic E-state index is 0.103. The molecule has 0 aromatic carbocycles. The minimum Gasteiger partial charge on any atom is -0.375 e. The van der Waals surface area contributed by atoms with Crippen molar-refractivity contribution in [3.05, 3.63) is 0 Å². The summed E-state index contributed by atoms with van der Waals surface area (Å²) in [7, 11) is 1.48. The first-order valence-corrected chi connectivity index (χ1v) is 2.96. The fourth-order valence-electron chi connectivity index (χ4n) is 0.413. The van der Waals surface area contributed by atoms with Gasteiger partial charge in [0.25, 0.3) is 0 Å². The first-order valence-electron chi connectivity index (χ1n) is 2.96. The Bertz CT molecular complexity index is 155. The zero-order valence-electron chi connectivity index (χ0n) is 6.23. The molecular weight excluding hydrogens is 130 g/mol. The molecule has 0 saturated heterocycles. The van der Waals surface area contributed by atoms with Crippen molar-refractivity contribution in [2.45, 2.75) is 6.92 Å². The second-order valence-corrected chi connectivity index (χ2v) is 1.64. The van der Waals surface area contributed by atoms with Crippen LogP contribution in [-0.4, -0.2) is 26.2 Å². The number of carbonyl (C=O) groups is 1. The van der Waals surface area contributed by atoms with Crippen molar-refractivity contribution < 1.29 is 9.53 Å². The highest BCUT2D eigenvalue weighted by molar-refractivity contribution is 5.77. The fourth-order valence-corrected chi connectivity index (χ4v) is 0.413. The van der Waals surface area contributed by atoms with E-state index in [2.05, 4.69) is 21.9 Å². The SMILES string of the molecule is CC#CCNC(=O)COC. The van der Waals surface area contributed by atoms with Crippen LogP contribution in [0.1, 0.15) is 6.92 Å². The summed E-state index contributed by atoms with van der Waals surface area (Å²) in [5.41, 5.74) is 0. The molecule has 0 aliphatic heterocycles. The van der Waals surface area contributed by atoms with Gasteiger partial charge in [0.2, 0.25) is 5.91 Å². The predicted octanol–water partition coefficient (Wildman–Crippen LogP) is -0.228. The highest BCUT2D eigenvalue weighted by Crippen LogP contribution is 1.66. The van der Waals surface area contributed by atoms with Gasteiger partial charge in [-0.1, -0.05) is 5.92 Å². The third-order valence-corrected chi connectivity index (χ3v) is 0.826. The Hall–Kier alpha value is -1.01. The van der Waals surface area contributed by atoms with Gasteiger partial charge in [-0.3, -0.25) is 4.79 Å². The Labute approximate surface area is 60.8 Å². The molecule has 0 fully saturated rings. The molecule has 0 bridgehead atoms. The molecule has 56 valence electrons. The lowest BCUT2D eigenvalue weighted by atomic mass is 10.5. The fraction of sp³-hybridized carbons (Fsp3) is 0.571. The monoisotopic (exact) mass is 141 g/mol. The number of amides is 1. The lowest BCUT2D eigenvalue weighted by Crippen LogP contribution is -2.27. The third kappa shape index (κ3) is 5.13. The molecule has 1 amide bonds. The molecule has 0 heterocycles. The number of ether oxygens (including phenoxy) is 1. The van der Waals surface area contributed by atoms with Gasteiger partial charge in [0, 0.05) is 7.11 Å². The second-order valence-electron chi connectivity index (χ2n) is 1.64. The number of carbonyl (C=O) groups excluding carboxylic acids is 1. The van der Waals surface area contributed by atoms with Crippen LogP contribution in [0.15, 0.2) is 0 Å². The Morgan fingerprint density at radius 1 is 1.70 bits per heavy atom.